The highest BCUT2D eigenvalue weighted by molar-refractivity contribution is 9.10. The van der Waals surface area contributed by atoms with Crippen LogP contribution in [0.5, 0.6) is 0 Å². The van der Waals surface area contributed by atoms with E-state index in [1.54, 1.807) is 12.1 Å². The number of nitrogens with zero attached hydrogens (tertiary/aromatic N) is 2. The van der Waals surface area contributed by atoms with Gasteiger partial charge in [0.2, 0.25) is 15.7 Å². The molecular formula is C16H10BrN3O6S2. The topological polar surface area (TPSA) is 132 Å². The third kappa shape index (κ3) is 4.52. The molecule has 0 aliphatic heterocycles. The molecule has 12 heteroatoms. The van der Waals surface area contributed by atoms with Gasteiger partial charge in [-0.25, -0.2) is 13.4 Å². The molecule has 28 heavy (non-hydrogen) atoms. The zero-order valence-electron chi connectivity index (χ0n) is 13.7. The molecule has 0 fully saturated rings. The maximum Gasteiger partial charge on any atom is 0.269 e. The molecule has 9 nitrogen and oxygen atoms in total. The molecule has 0 aliphatic carbocycles. The van der Waals surface area contributed by atoms with Crippen LogP contribution in [-0.4, -0.2) is 24.2 Å². The quantitative estimate of drug-likeness (QED) is 0.319. The monoisotopic (exact) mass is 483 g/mol. The number of non-ortho nitro benzene ring substituents is 1. The first-order valence-electron chi connectivity index (χ1n) is 7.45. The van der Waals surface area contributed by atoms with E-state index in [-0.39, 0.29) is 19.9 Å². The molecule has 0 radical (unpaired) electrons. The van der Waals surface area contributed by atoms with Crippen molar-refractivity contribution in [3.8, 4) is 0 Å². The smallest absolute Gasteiger partial charge is 0.269 e. The first-order chi connectivity index (χ1) is 13.3. The number of carbonyl (C=O) groups is 1. The van der Waals surface area contributed by atoms with Crippen molar-refractivity contribution >= 4 is 59.9 Å². The zero-order valence-corrected chi connectivity index (χ0v) is 17.0. The summed E-state index contributed by atoms with van der Waals surface area (Å²) in [6.45, 7) is 0. The van der Waals surface area contributed by atoms with Gasteiger partial charge in [0.1, 0.15) is 9.97 Å². The minimum absolute atomic E-state index is 0.0933. The second-order valence-electron chi connectivity index (χ2n) is 5.20. The lowest BCUT2D eigenvalue weighted by molar-refractivity contribution is -0.384. The molecule has 0 saturated carbocycles. The van der Waals surface area contributed by atoms with Crippen LogP contribution >= 0.6 is 27.3 Å². The van der Waals surface area contributed by atoms with E-state index in [4.69, 9.17) is 4.42 Å². The lowest BCUT2D eigenvalue weighted by Crippen LogP contribution is -2.07. The molecule has 0 bridgehead atoms. The summed E-state index contributed by atoms with van der Waals surface area (Å²) in [5, 5.41) is 13.2. The number of furan rings is 1. The Morgan fingerprint density at radius 2 is 1.96 bits per heavy atom. The number of hydrogen-bond acceptors (Lipinski definition) is 8. The third-order valence-electron chi connectivity index (χ3n) is 3.33. The van der Waals surface area contributed by atoms with E-state index < -0.39 is 20.7 Å². The first kappa shape index (κ1) is 19.9. The van der Waals surface area contributed by atoms with Gasteiger partial charge >= 0.3 is 0 Å². The summed E-state index contributed by atoms with van der Waals surface area (Å²) in [5.41, 5.74) is -0.216. The number of amides is 1. The van der Waals surface area contributed by atoms with Crippen LogP contribution in [0.1, 0.15) is 5.76 Å². The number of aromatic nitrogens is 1. The van der Waals surface area contributed by atoms with Crippen LogP contribution in [0, 0.1) is 10.1 Å². The van der Waals surface area contributed by atoms with Gasteiger partial charge in [-0.15, -0.1) is 0 Å². The Bertz CT molecular complexity index is 1170. The van der Waals surface area contributed by atoms with Gasteiger partial charge in [-0.1, -0.05) is 11.3 Å². The molecule has 0 atom stereocenters. The van der Waals surface area contributed by atoms with Gasteiger partial charge in [0.25, 0.3) is 5.69 Å². The van der Waals surface area contributed by atoms with Crippen LogP contribution in [-0.2, 0) is 14.6 Å². The number of carbonyl (C=O) groups excluding carboxylic acids is 1. The average Bonchev–Trinajstić information content (AvgIpc) is 3.29. The SMILES string of the molecule is O=C(/C=C/c1ccc(Br)o1)Nc1ncc(S(=O)(=O)c2ccc([N+](=O)[O-])cc2)s1. The molecule has 3 rings (SSSR count). The molecule has 0 saturated heterocycles. The van der Waals surface area contributed by atoms with E-state index in [1.165, 1.54) is 12.2 Å². The number of halogens is 1. The van der Waals surface area contributed by atoms with Crippen molar-refractivity contribution in [1.29, 1.82) is 0 Å². The molecule has 0 spiro atoms. The van der Waals surface area contributed by atoms with Gasteiger partial charge in [-0.2, -0.15) is 0 Å². The predicted molar refractivity (Wildman–Crippen MR) is 105 cm³/mol. The number of nitrogens with one attached hydrogen (secondary N) is 1. The number of benzene rings is 1. The highest BCUT2D eigenvalue weighted by Crippen LogP contribution is 2.29. The first-order valence-corrected chi connectivity index (χ1v) is 10.5. The van der Waals surface area contributed by atoms with Crippen LogP contribution in [0.2, 0.25) is 0 Å². The number of thiazole rings is 1. The molecule has 144 valence electrons. The molecule has 2 heterocycles. The minimum atomic E-state index is -3.91. The van der Waals surface area contributed by atoms with Crippen molar-refractivity contribution in [3.63, 3.8) is 0 Å². The second kappa shape index (κ2) is 8.04. The van der Waals surface area contributed by atoms with E-state index in [2.05, 4.69) is 26.2 Å². The molecule has 3 aromatic rings. The Balaban J connectivity index is 1.72. The fourth-order valence-corrected chi connectivity index (χ4v) is 4.78. The summed E-state index contributed by atoms with van der Waals surface area (Å²) < 4.78 is 30.8. The van der Waals surface area contributed by atoms with Crippen molar-refractivity contribution < 1.29 is 22.6 Å². The molecule has 2 aromatic heterocycles. The highest BCUT2D eigenvalue weighted by atomic mass is 79.9. The lowest BCUT2D eigenvalue weighted by atomic mass is 10.3. The van der Waals surface area contributed by atoms with Gasteiger partial charge in [-0.05, 0) is 46.3 Å². The summed E-state index contributed by atoms with van der Waals surface area (Å²) >= 11 is 3.91. The summed E-state index contributed by atoms with van der Waals surface area (Å²) in [7, 11) is -3.91. The van der Waals surface area contributed by atoms with Crippen molar-refractivity contribution in [2.24, 2.45) is 0 Å². The van der Waals surface area contributed by atoms with Crippen LogP contribution in [0.25, 0.3) is 6.08 Å². The fraction of sp³-hybridized carbons (Fsp3) is 0. The number of sulfone groups is 1. The molecule has 1 amide bonds. The van der Waals surface area contributed by atoms with Gasteiger partial charge in [0.15, 0.2) is 9.80 Å². The standard InChI is InChI=1S/C16H10BrN3O6S2/c17-13-7-3-11(26-13)4-8-14(21)19-16-18-9-15(27-16)28(24,25)12-5-1-10(2-6-12)20(22)23/h1-9H,(H,18,19,21)/b8-4+. The van der Waals surface area contributed by atoms with Crippen molar-refractivity contribution in [2.45, 2.75) is 9.10 Å². The van der Waals surface area contributed by atoms with Gasteiger partial charge in [0.05, 0.1) is 16.0 Å². The maximum atomic E-state index is 12.6. The van der Waals surface area contributed by atoms with Crippen LogP contribution in [0.3, 0.4) is 0 Å². The normalized spacial score (nSPS) is 11.6. The largest absolute Gasteiger partial charge is 0.450 e. The van der Waals surface area contributed by atoms with E-state index in [9.17, 15) is 23.3 Å². The predicted octanol–water partition coefficient (Wildman–Crippen LogP) is 3.89. The van der Waals surface area contributed by atoms with E-state index in [0.717, 1.165) is 41.8 Å². The van der Waals surface area contributed by atoms with E-state index in [0.29, 0.717) is 10.4 Å². The Morgan fingerprint density at radius 3 is 2.57 bits per heavy atom. The lowest BCUT2D eigenvalue weighted by Gasteiger charge is -2.00. The summed E-state index contributed by atoms with van der Waals surface area (Å²) in [6, 6.07) is 7.84. The van der Waals surface area contributed by atoms with Gasteiger partial charge < -0.3 is 4.42 Å². The number of rotatable bonds is 6. The van der Waals surface area contributed by atoms with Gasteiger partial charge in [0, 0.05) is 18.2 Å². The molecular weight excluding hydrogens is 474 g/mol. The van der Waals surface area contributed by atoms with Crippen LogP contribution in [0.4, 0.5) is 10.8 Å². The van der Waals surface area contributed by atoms with Gasteiger partial charge in [-0.3, -0.25) is 20.2 Å². The fourth-order valence-electron chi connectivity index (χ4n) is 2.03. The molecule has 1 aromatic carbocycles. The third-order valence-corrected chi connectivity index (χ3v) is 6.90. The minimum Gasteiger partial charge on any atom is -0.450 e. The van der Waals surface area contributed by atoms with E-state index in [1.807, 2.05) is 0 Å². The Morgan fingerprint density at radius 1 is 1.25 bits per heavy atom. The molecule has 0 unspecified atom stereocenters. The van der Waals surface area contributed by atoms with Crippen molar-refractivity contribution in [3.05, 3.63) is 69.2 Å². The van der Waals surface area contributed by atoms with Crippen molar-refractivity contribution in [2.75, 3.05) is 5.32 Å². The number of anilines is 1. The maximum absolute atomic E-state index is 12.6. The van der Waals surface area contributed by atoms with Crippen LogP contribution < -0.4 is 5.32 Å². The zero-order chi connectivity index (χ0) is 20.3. The second-order valence-corrected chi connectivity index (χ2v) is 9.19. The Kier molecular flexibility index (Phi) is 5.72. The van der Waals surface area contributed by atoms with E-state index >= 15 is 0 Å². The van der Waals surface area contributed by atoms with Crippen LogP contribution in [0.15, 0.2) is 66.9 Å². The number of nitro benzene ring substituents is 1. The number of hydrogen-bond donors (Lipinski definition) is 1. The number of nitro groups is 1. The summed E-state index contributed by atoms with van der Waals surface area (Å²) in [6.07, 6.45) is 3.78. The average molecular weight is 484 g/mol. The Hall–Kier alpha value is -2.83. The summed E-state index contributed by atoms with van der Waals surface area (Å²) in [4.78, 5) is 25.8. The highest BCUT2D eigenvalue weighted by Gasteiger charge is 2.22. The molecule has 1 N–H and O–H groups in total. The van der Waals surface area contributed by atoms with Crippen molar-refractivity contribution in [1.82, 2.24) is 4.98 Å². The Labute approximate surface area is 170 Å². The molecule has 0 aliphatic rings. The summed E-state index contributed by atoms with van der Waals surface area (Å²) in [5.74, 6) is -0.0521.